The van der Waals surface area contributed by atoms with Gasteiger partial charge in [0.2, 0.25) is 5.58 Å². The Morgan fingerprint density at radius 3 is 1.57 bits per heavy atom. The lowest BCUT2D eigenvalue weighted by Gasteiger charge is -2.45. The molecule has 132 valence electrons. The summed E-state index contributed by atoms with van der Waals surface area (Å²) in [7, 11) is -3.05. The molecule has 0 aliphatic carbocycles. The lowest BCUT2D eigenvalue weighted by Crippen LogP contribution is -2.50. The predicted molar refractivity (Wildman–Crippen MR) is 86.4 cm³/mol. The summed E-state index contributed by atoms with van der Waals surface area (Å²) >= 11 is 0. The summed E-state index contributed by atoms with van der Waals surface area (Å²) < 4.78 is 34.5. The van der Waals surface area contributed by atoms with Crippen molar-refractivity contribution in [2.75, 3.05) is 78.9 Å². The van der Waals surface area contributed by atoms with Crippen LogP contribution in [0.15, 0.2) is 5.10 Å². The molecule has 3 aliphatic rings. The third kappa shape index (κ3) is 3.55. The summed E-state index contributed by atoms with van der Waals surface area (Å²) in [5.41, 5.74) is 0.490. The van der Waals surface area contributed by atoms with Crippen LogP contribution in [-0.4, -0.2) is 98.7 Å². The molecule has 3 rings (SSSR count). The highest BCUT2D eigenvalue weighted by Gasteiger charge is 2.46. The van der Waals surface area contributed by atoms with Gasteiger partial charge in [-0.2, -0.15) is 5.10 Å². The second kappa shape index (κ2) is 7.92. The summed E-state index contributed by atoms with van der Waals surface area (Å²) in [5, 5.41) is 3.99. The van der Waals surface area contributed by atoms with E-state index in [9.17, 15) is 4.57 Å². The van der Waals surface area contributed by atoms with Gasteiger partial charge in [-0.3, -0.25) is 4.57 Å². The van der Waals surface area contributed by atoms with E-state index in [2.05, 4.69) is 5.10 Å². The monoisotopic (exact) mass is 347 g/mol. The van der Waals surface area contributed by atoms with Gasteiger partial charge in [-0.1, -0.05) is 0 Å². The minimum Gasteiger partial charge on any atom is -0.379 e. The van der Waals surface area contributed by atoms with Gasteiger partial charge in [0, 0.05) is 39.3 Å². The van der Waals surface area contributed by atoms with Gasteiger partial charge in [-0.15, -0.1) is 0 Å². The van der Waals surface area contributed by atoms with Crippen molar-refractivity contribution in [1.29, 1.82) is 0 Å². The predicted octanol–water partition coefficient (Wildman–Crippen LogP) is -0.594. The van der Waals surface area contributed by atoms with Gasteiger partial charge in [0.15, 0.2) is 0 Å². The summed E-state index contributed by atoms with van der Waals surface area (Å²) in [6.45, 7) is 7.33. The van der Waals surface area contributed by atoms with E-state index in [-0.39, 0.29) is 0 Å². The summed E-state index contributed by atoms with van der Waals surface area (Å²) in [6.07, 6.45) is 0. The Labute approximate surface area is 136 Å². The zero-order valence-electron chi connectivity index (χ0n) is 13.4. The van der Waals surface area contributed by atoms with Crippen molar-refractivity contribution in [3.05, 3.63) is 0 Å². The Bertz CT molecular complexity index is 437. The van der Waals surface area contributed by atoms with Crippen molar-refractivity contribution >= 4 is 13.0 Å². The Kier molecular flexibility index (Phi) is 5.90. The fourth-order valence-corrected chi connectivity index (χ4v) is 6.18. The summed E-state index contributed by atoms with van der Waals surface area (Å²) in [4.78, 5) is 2.01. The van der Waals surface area contributed by atoms with Crippen LogP contribution in [0, 0.1) is 0 Å². The van der Waals surface area contributed by atoms with Crippen LogP contribution < -0.4 is 5.84 Å². The minimum atomic E-state index is -3.05. The summed E-state index contributed by atoms with van der Waals surface area (Å²) in [6, 6.07) is 0. The molecule has 2 N–H and O–H groups in total. The molecular formula is C13H26N5O4P. The first-order valence-corrected chi connectivity index (χ1v) is 9.75. The number of rotatable bonds is 3. The van der Waals surface area contributed by atoms with E-state index in [1.54, 1.807) is 0 Å². The highest BCUT2D eigenvalue weighted by Crippen LogP contribution is 2.55. The number of morpholine rings is 3. The van der Waals surface area contributed by atoms with E-state index in [1.807, 2.05) is 14.2 Å². The molecule has 0 spiro atoms. The molecule has 0 saturated carbocycles. The third-order valence-electron chi connectivity index (χ3n) is 4.41. The van der Waals surface area contributed by atoms with Crippen molar-refractivity contribution < 1.29 is 18.8 Å². The zero-order chi connectivity index (χ0) is 16.1. The van der Waals surface area contributed by atoms with E-state index in [4.69, 9.17) is 20.1 Å². The molecule has 3 saturated heterocycles. The Morgan fingerprint density at radius 2 is 1.17 bits per heavy atom. The lowest BCUT2D eigenvalue weighted by molar-refractivity contribution is 0.0517. The van der Waals surface area contributed by atoms with Crippen molar-refractivity contribution in [2.45, 2.75) is 0 Å². The normalized spacial score (nSPS) is 26.4. The Balaban J connectivity index is 1.90. The molecule has 0 aromatic carbocycles. The molecule has 0 atom stereocenters. The van der Waals surface area contributed by atoms with E-state index < -0.39 is 7.44 Å². The zero-order valence-corrected chi connectivity index (χ0v) is 14.3. The minimum absolute atomic E-state index is 0.490. The number of hydrazone groups is 1. The Hall–Kier alpha value is -0.700. The lowest BCUT2D eigenvalue weighted by atomic mass is 10.5. The molecule has 0 radical (unpaired) electrons. The first-order valence-electron chi connectivity index (χ1n) is 8.14. The van der Waals surface area contributed by atoms with Gasteiger partial charge < -0.3 is 25.0 Å². The van der Waals surface area contributed by atoms with Gasteiger partial charge in [-0.25, -0.2) is 9.34 Å². The van der Waals surface area contributed by atoms with E-state index in [0.29, 0.717) is 84.5 Å². The SMILES string of the molecule is NN=C(N1CCOCC1)P(=O)(N1CCOCC1)N1CCOCC1. The van der Waals surface area contributed by atoms with Crippen molar-refractivity contribution in [1.82, 2.24) is 14.2 Å². The first-order chi connectivity index (χ1) is 11.3. The molecule has 0 amide bonds. The van der Waals surface area contributed by atoms with Crippen LogP contribution in [0.2, 0.25) is 0 Å². The number of ether oxygens (including phenoxy) is 3. The maximum absolute atomic E-state index is 14.2. The molecule has 0 unspecified atom stereocenters. The van der Waals surface area contributed by atoms with Gasteiger partial charge in [0.05, 0.1) is 39.6 Å². The standard InChI is InChI=1S/C13H26N5O4P/c14-15-13(16-1-7-20-8-2-16)23(19,17-3-9-21-10-4-17)18-5-11-22-12-6-18/h1-12,14H2. The maximum atomic E-state index is 14.2. The van der Waals surface area contributed by atoms with Crippen molar-refractivity contribution in [2.24, 2.45) is 10.9 Å². The topological polar surface area (TPSA) is 92.9 Å². The second-order valence-corrected chi connectivity index (χ2v) is 8.32. The largest absolute Gasteiger partial charge is 0.379 e. The molecule has 10 heteroatoms. The highest BCUT2D eigenvalue weighted by atomic mass is 31.2. The molecule has 0 bridgehead atoms. The Morgan fingerprint density at radius 1 is 0.783 bits per heavy atom. The van der Waals surface area contributed by atoms with Crippen LogP contribution in [0.3, 0.4) is 0 Å². The van der Waals surface area contributed by atoms with Crippen LogP contribution >= 0.6 is 7.44 Å². The molecule has 23 heavy (non-hydrogen) atoms. The van der Waals surface area contributed by atoms with Gasteiger partial charge in [0.1, 0.15) is 0 Å². The fraction of sp³-hybridized carbons (Fsp3) is 0.923. The van der Waals surface area contributed by atoms with Crippen LogP contribution in [0.1, 0.15) is 0 Å². The number of hydrogen-bond donors (Lipinski definition) is 1. The number of amidine groups is 1. The summed E-state index contributed by atoms with van der Waals surface area (Å²) in [5.74, 6) is 5.72. The van der Waals surface area contributed by atoms with Crippen molar-refractivity contribution in [3.63, 3.8) is 0 Å². The fourth-order valence-electron chi connectivity index (χ4n) is 3.19. The van der Waals surface area contributed by atoms with Gasteiger partial charge in [0.25, 0.3) is 7.44 Å². The number of nitrogens with zero attached hydrogens (tertiary/aromatic N) is 4. The van der Waals surface area contributed by atoms with Gasteiger partial charge in [-0.05, 0) is 0 Å². The van der Waals surface area contributed by atoms with E-state index >= 15 is 0 Å². The molecule has 3 aliphatic heterocycles. The first kappa shape index (κ1) is 17.1. The van der Waals surface area contributed by atoms with Crippen LogP contribution in [-0.2, 0) is 18.8 Å². The smallest absolute Gasteiger partial charge is 0.282 e. The molecule has 0 aromatic rings. The average molecular weight is 347 g/mol. The number of nitrogens with two attached hydrogens (primary N) is 1. The maximum Gasteiger partial charge on any atom is 0.282 e. The molecular weight excluding hydrogens is 321 g/mol. The quantitative estimate of drug-likeness (QED) is 0.238. The third-order valence-corrected chi connectivity index (χ3v) is 7.66. The number of hydrogen-bond acceptors (Lipinski definition) is 6. The van der Waals surface area contributed by atoms with Crippen LogP contribution in [0.5, 0.6) is 0 Å². The van der Waals surface area contributed by atoms with Crippen LogP contribution in [0.4, 0.5) is 0 Å². The second-order valence-electron chi connectivity index (χ2n) is 5.70. The van der Waals surface area contributed by atoms with Crippen molar-refractivity contribution in [3.8, 4) is 0 Å². The van der Waals surface area contributed by atoms with Gasteiger partial charge >= 0.3 is 0 Å². The molecule has 9 nitrogen and oxygen atoms in total. The molecule has 0 aromatic heterocycles. The van der Waals surface area contributed by atoms with E-state index in [1.165, 1.54) is 0 Å². The molecule has 3 heterocycles. The molecule has 3 fully saturated rings. The highest BCUT2D eigenvalue weighted by molar-refractivity contribution is 7.76. The average Bonchev–Trinajstić information content (AvgIpc) is 2.64. The van der Waals surface area contributed by atoms with Crippen LogP contribution in [0.25, 0.3) is 0 Å². The van der Waals surface area contributed by atoms with E-state index in [0.717, 1.165) is 0 Å².